The molecule has 5 nitrogen and oxygen atoms in total. The summed E-state index contributed by atoms with van der Waals surface area (Å²) >= 11 is 7.58. The minimum absolute atomic E-state index is 0.0632. The monoisotopic (exact) mass is 455 g/mol. The van der Waals surface area contributed by atoms with Crippen LogP contribution in [0.25, 0.3) is 0 Å². The Kier molecular flexibility index (Phi) is 8.23. The van der Waals surface area contributed by atoms with E-state index >= 15 is 0 Å². The second-order valence-corrected chi connectivity index (χ2v) is 8.88. The van der Waals surface area contributed by atoms with Crippen LogP contribution in [0.5, 0.6) is 0 Å². The van der Waals surface area contributed by atoms with Crippen LogP contribution in [0.1, 0.15) is 26.8 Å². The third kappa shape index (κ3) is 6.66. The van der Waals surface area contributed by atoms with Crippen molar-refractivity contribution in [3.05, 3.63) is 93.1 Å². The minimum atomic E-state index is -0.697. The zero-order valence-corrected chi connectivity index (χ0v) is 19.1. The van der Waals surface area contributed by atoms with Gasteiger partial charge in [0.05, 0.1) is 6.04 Å². The lowest BCUT2D eigenvalue weighted by Gasteiger charge is -2.25. The molecule has 0 aliphatic heterocycles. The number of nitrogens with zero attached hydrogens (tertiary/aromatic N) is 1. The number of thiophene rings is 1. The number of amides is 2. The van der Waals surface area contributed by atoms with E-state index in [-0.39, 0.29) is 17.9 Å². The van der Waals surface area contributed by atoms with Gasteiger partial charge < -0.3 is 15.5 Å². The number of likely N-dealkylation sites (N-methyl/N-ethyl adjacent to an activating group) is 1. The Morgan fingerprint density at radius 2 is 1.71 bits per heavy atom. The molecule has 2 amide bonds. The molecule has 0 saturated heterocycles. The lowest BCUT2D eigenvalue weighted by molar-refractivity contribution is -0.123. The summed E-state index contributed by atoms with van der Waals surface area (Å²) in [6.07, 6.45) is 0.400. The summed E-state index contributed by atoms with van der Waals surface area (Å²) < 4.78 is 0. The quantitative estimate of drug-likeness (QED) is 0.509. The molecule has 31 heavy (non-hydrogen) atoms. The fraction of sp³-hybridized carbons (Fsp3) is 0.250. The van der Waals surface area contributed by atoms with Gasteiger partial charge in [-0.3, -0.25) is 9.59 Å². The van der Waals surface area contributed by atoms with Gasteiger partial charge in [-0.2, -0.15) is 0 Å². The Labute approximate surface area is 192 Å². The van der Waals surface area contributed by atoms with E-state index in [4.69, 9.17) is 11.6 Å². The molecule has 3 rings (SSSR count). The average molecular weight is 456 g/mol. The van der Waals surface area contributed by atoms with Crippen LogP contribution in [-0.4, -0.2) is 43.4 Å². The molecule has 1 heterocycles. The molecule has 3 aromatic rings. The average Bonchev–Trinajstić information content (AvgIpc) is 3.28. The third-order valence-electron chi connectivity index (χ3n) is 4.98. The summed E-state index contributed by atoms with van der Waals surface area (Å²) in [4.78, 5) is 29.1. The van der Waals surface area contributed by atoms with Crippen LogP contribution in [0, 0.1) is 0 Å². The third-order valence-corrected chi connectivity index (χ3v) is 6.20. The number of hydrogen-bond acceptors (Lipinski definition) is 4. The zero-order valence-electron chi connectivity index (χ0n) is 17.5. The molecule has 0 spiro atoms. The number of hydrogen-bond donors (Lipinski definition) is 2. The van der Waals surface area contributed by atoms with Gasteiger partial charge in [0.1, 0.15) is 6.04 Å². The summed E-state index contributed by atoms with van der Waals surface area (Å²) in [6, 6.07) is 19.7. The van der Waals surface area contributed by atoms with Crippen LogP contribution in [0.15, 0.2) is 72.1 Å². The molecule has 0 radical (unpaired) electrons. The second-order valence-electron chi connectivity index (χ2n) is 7.46. The maximum Gasteiger partial charge on any atom is 0.251 e. The molecule has 1 aromatic heterocycles. The van der Waals surface area contributed by atoms with Crippen molar-refractivity contribution in [2.75, 3.05) is 20.6 Å². The predicted octanol–water partition coefficient (Wildman–Crippen LogP) is 4.16. The SMILES string of the molecule is CN(C)C(CNC(=O)C(Cc1ccccc1)NC(=O)c1ccc(Cl)cc1)c1cccs1. The van der Waals surface area contributed by atoms with Crippen molar-refractivity contribution < 1.29 is 9.59 Å². The topological polar surface area (TPSA) is 61.4 Å². The molecule has 0 saturated carbocycles. The highest BCUT2D eigenvalue weighted by Crippen LogP contribution is 2.22. The Hall–Kier alpha value is -2.67. The van der Waals surface area contributed by atoms with Gasteiger partial charge in [0.25, 0.3) is 5.91 Å². The molecule has 0 aliphatic carbocycles. The molecular weight excluding hydrogens is 430 g/mol. The molecular formula is C24H26ClN3O2S. The largest absolute Gasteiger partial charge is 0.352 e. The van der Waals surface area contributed by atoms with Crippen molar-refractivity contribution in [2.24, 2.45) is 0 Å². The molecule has 162 valence electrons. The number of carbonyl (C=O) groups is 2. The van der Waals surface area contributed by atoms with Crippen LogP contribution in [0.2, 0.25) is 5.02 Å². The van der Waals surface area contributed by atoms with E-state index in [1.807, 2.05) is 55.9 Å². The van der Waals surface area contributed by atoms with E-state index in [0.717, 1.165) is 5.56 Å². The van der Waals surface area contributed by atoms with E-state index in [1.54, 1.807) is 35.6 Å². The number of halogens is 1. The van der Waals surface area contributed by atoms with Gasteiger partial charge in [-0.15, -0.1) is 11.3 Å². The molecule has 2 aromatic carbocycles. The molecule has 0 bridgehead atoms. The van der Waals surface area contributed by atoms with Crippen LogP contribution in [-0.2, 0) is 11.2 Å². The molecule has 0 fully saturated rings. The molecule has 2 N–H and O–H groups in total. The van der Waals surface area contributed by atoms with Crippen LogP contribution < -0.4 is 10.6 Å². The van der Waals surface area contributed by atoms with Crippen LogP contribution in [0.4, 0.5) is 0 Å². The van der Waals surface area contributed by atoms with E-state index in [2.05, 4.69) is 21.6 Å². The number of benzene rings is 2. The van der Waals surface area contributed by atoms with Gasteiger partial charge in [-0.05, 0) is 55.4 Å². The van der Waals surface area contributed by atoms with Crippen LogP contribution >= 0.6 is 22.9 Å². The fourth-order valence-electron chi connectivity index (χ4n) is 3.24. The first-order valence-electron chi connectivity index (χ1n) is 10.0. The summed E-state index contributed by atoms with van der Waals surface area (Å²) in [5, 5.41) is 8.49. The van der Waals surface area contributed by atoms with Crippen molar-refractivity contribution in [1.29, 1.82) is 0 Å². The van der Waals surface area contributed by atoms with E-state index in [0.29, 0.717) is 23.6 Å². The van der Waals surface area contributed by atoms with Crippen molar-refractivity contribution in [3.8, 4) is 0 Å². The molecule has 7 heteroatoms. The predicted molar refractivity (Wildman–Crippen MR) is 127 cm³/mol. The first kappa shape index (κ1) is 23.0. The molecule has 2 atom stereocenters. The van der Waals surface area contributed by atoms with Gasteiger partial charge in [-0.1, -0.05) is 48.0 Å². The van der Waals surface area contributed by atoms with Crippen molar-refractivity contribution in [3.63, 3.8) is 0 Å². The Balaban J connectivity index is 1.72. The van der Waals surface area contributed by atoms with Gasteiger partial charge in [0.2, 0.25) is 5.91 Å². The van der Waals surface area contributed by atoms with Gasteiger partial charge in [-0.25, -0.2) is 0 Å². The number of rotatable bonds is 9. The summed E-state index contributed by atoms with van der Waals surface area (Å²) in [7, 11) is 3.97. The highest BCUT2D eigenvalue weighted by Gasteiger charge is 2.24. The maximum atomic E-state index is 13.1. The zero-order chi connectivity index (χ0) is 22.2. The minimum Gasteiger partial charge on any atom is -0.352 e. The van der Waals surface area contributed by atoms with Crippen molar-refractivity contribution in [2.45, 2.75) is 18.5 Å². The van der Waals surface area contributed by atoms with Crippen molar-refractivity contribution in [1.82, 2.24) is 15.5 Å². The summed E-state index contributed by atoms with van der Waals surface area (Å²) in [5.41, 5.74) is 1.43. The van der Waals surface area contributed by atoms with E-state index < -0.39 is 6.04 Å². The normalized spacial score (nSPS) is 12.9. The fourth-order valence-corrected chi connectivity index (χ4v) is 4.29. The van der Waals surface area contributed by atoms with Gasteiger partial charge in [0, 0.05) is 28.4 Å². The first-order valence-corrected chi connectivity index (χ1v) is 11.3. The Morgan fingerprint density at radius 3 is 2.32 bits per heavy atom. The smallest absolute Gasteiger partial charge is 0.251 e. The molecule has 0 aliphatic rings. The highest BCUT2D eigenvalue weighted by molar-refractivity contribution is 7.10. The van der Waals surface area contributed by atoms with Gasteiger partial charge in [0.15, 0.2) is 0 Å². The van der Waals surface area contributed by atoms with Crippen LogP contribution in [0.3, 0.4) is 0 Å². The summed E-state index contributed by atoms with van der Waals surface area (Å²) in [5.74, 6) is -0.523. The Bertz CT molecular complexity index is 976. The second kappa shape index (κ2) is 11.1. The first-order chi connectivity index (χ1) is 14.9. The number of carbonyl (C=O) groups excluding carboxylic acids is 2. The maximum absolute atomic E-state index is 13.1. The highest BCUT2D eigenvalue weighted by atomic mass is 35.5. The lowest BCUT2D eigenvalue weighted by atomic mass is 10.0. The lowest BCUT2D eigenvalue weighted by Crippen LogP contribution is -2.49. The molecule has 2 unspecified atom stereocenters. The van der Waals surface area contributed by atoms with E-state index in [9.17, 15) is 9.59 Å². The van der Waals surface area contributed by atoms with Gasteiger partial charge >= 0.3 is 0 Å². The number of nitrogens with one attached hydrogen (secondary N) is 2. The standard InChI is InChI=1S/C24H26ClN3O2S/c1-28(2)21(22-9-6-14-31-22)16-26-24(30)20(15-17-7-4-3-5-8-17)27-23(29)18-10-12-19(25)13-11-18/h3-14,20-21H,15-16H2,1-2H3,(H,26,30)(H,27,29). The summed E-state index contributed by atoms with van der Waals surface area (Å²) in [6.45, 7) is 0.453. The van der Waals surface area contributed by atoms with Crippen molar-refractivity contribution >= 4 is 34.8 Å². The van der Waals surface area contributed by atoms with E-state index in [1.165, 1.54) is 4.88 Å². The Morgan fingerprint density at radius 1 is 1.00 bits per heavy atom.